The van der Waals surface area contributed by atoms with Crippen LogP contribution >= 0.6 is 0 Å². The predicted molar refractivity (Wildman–Crippen MR) is 439 cm³/mol. The third-order valence-electron chi connectivity index (χ3n) is 23.2. The second kappa shape index (κ2) is 75.4. The van der Waals surface area contributed by atoms with Crippen LogP contribution in [0.1, 0.15) is 470 Å². The van der Waals surface area contributed by atoms with Crippen molar-refractivity contribution in [3.63, 3.8) is 0 Å². The Labute approximate surface area is 647 Å². The number of hydrogen-bond acceptors (Lipinski definition) is 13. The topological polar surface area (TPSA) is 228 Å². The van der Waals surface area contributed by atoms with Crippen LogP contribution in [0.3, 0.4) is 0 Å². The van der Waals surface area contributed by atoms with Gasteiger partial charge in [0.1, 0.15) is 48.8 Å². The molecular formula is C91H177NO13. The Balaban J connectivity index is 1.54. The lowest BCUT2D eigenvalue weighted by molar-refractivity contribution is -0.359. The highest BCUT2D eigenvalue weighted by molar-refractivity contribution is 5.76. The SMILES string of the molecule is CCCCCCCCCCCCCCCCCCCCCCCCCCCCCCCC/C=C/C(O)C(COC1OC(CO)C(OC2OC(CO)C(O)C(O)C2O)C(O)C1O)NC(=O)CCCCCCCCCCCCCCCCCCCCCCCCCCCCCCCCCCCCCCCCC. The van der Waals surface area contributed by atoms with Crippen molar-refractivity contribution in [1.82, 2.24) is 5.32 Å². The normalized spacial score (nSPS) is 21.3. The molecule has 0 aromatic heterocycles. The lowest BCUT2D eigenvalue weighted by atomic mass is 9.97. The van der Waals surface area contributed by atoms with E-state index in [9.17, 15) is 45.6 Å². The van der Waals surface area contributed by atoms with Crippen molar-refractivity contribution in [2.45, 2.75) is 543 Å². The minimum absolute atomic E-state index is 0.227. The van der Waals surface area contributed by atoms with E-state index in [4.69, 9.17) is 18.9 Å². The molecule has 0 aromatic rings. The van der Waals surface area contributed by atoms with Gasteiger partial charge in [0.2, 0.25) is 5.91 Å². The van der Waals surface area contributed by atoms with Gasteiger partial charge in [0.15, 0.2) is 12.6 Å². The highest BCUT2D eigenvalue weighted by atomic mass is 16.7. The number of rotatable bonds is 81. The Kier molecular flexibility index (Phi) is 71.7. The Morgan fingerprint density at radius 3 is 0.876 bits per heavy atom. The predicted octanol–water partition coefficient (Wildman–Crippen LogP) is 22.8. The number of hydrogen-bond donors (Lipinski definition) is 9. The zero-order chi connectivity index (χ0) is 75.8. The van der Waals surface area contributed by atoms with E-state index in [1.54, 1.807) is 6.08 Å². The third-order valence-corrected chi connectivity index (χ3v) is 23.2. The molecule has 9 N–H and O–H groups in total. The molecule has 0 bridgehead atoms. The summed E-state index contributed by atoms with van der Waals surface area (Å²) >= 11 is 0. The molecule has 1 amide bonds. The molecule has 2 fully saturated rings. The monoisotopic (exact) mass is 1490 g/mol. The van der Waals surface area contributed by atoms with Crippen molar-refractivity contribution in [3.05, 3.63) is 12.2 Å². The van der Waals surface area contributed by atoms with Crippen LogP contribution in [0.5, 0.6) is 0 Å². The van der Waals surface area contributed by atoms with Crippen LogP contribution < -0.4 is 5.32 Å². The fraction of sp³-hybridized carbons (Fsp3) is 0.967. The van der Waals surface area contributed by atoms with Crippen LogP contribution in [0.15, 0.2) is 12.2 Å². The average Bonchev–Trinajstić information content (AvgIpc) is 0.789. The lowest BCUT2D eigenvalue weighted by Gasteiger charge is -2.46. The summed E-state index contributed by atoms with van der Waals surface area (Å²) in [7, 11) is 0. The molecule has 14 nitrogen and oxygen atoms in total. The molecular weight excluding hydrogens is 1310 g/mol. The number of aliphatic hydroxyl groups is 8. The minimum atomic E-state index is -1.79. The van der Waals surface area contributed by atoms with Gasteiger partial charge in [-0.15, -0.1) is 0 Å². The first-order valence-corrected chi connectivity index (χ1v) is 46.4. The highest BCUT2D eigenvalue weighted by Crippen LogP contribution is 2.31. The average molecular weight is 1490 g/mol. The quantitative estimate of drug-likeness (QED) is 0.0204. The van der Waals surface area contributed by atoms with Crippen LogP contribution in [0.4, 0.5) is 0 Å². The summed E-state index contributed by atoms with van der Waals surface area (Å²) in [6.07, 6.45) is 82.1. The molecule has 2 heterocycles. The number of unbranched alkanes of at least 4 members (excludes halogenated alkanes) is 68. The second-order valence-corrected chi connectivity index (χ2v) is 33.2. The molecule has 2 aliphatic rings. The van der Waals surface area contributed by atoms with E-state index in [-0.39, 0.29) is 18.9 Å². The molecule has 105 heavy (non-hydrogen) atoms. The fourth-order valence-electron chi connectivity index (χ4n) is 16.0. The molecule has 0 radical (unpaired) electrons. The van der Waals surface area contributed by atoms with Crippen LogP contribution in [-0.2, 0) is 23.7 Å². The molecule has 0 aromatic carbocycles. The maximum atomic E-state index is 13.4. The molecule has 0 aliphatic carbocycles. The van der Waals surface area contributed by atoms with Gasteiger partial charge < -0.3 is 65.1 Å². The molecule has 2 rings (SSSR count). The van der Waals surface area contributed by atoms with Crippen molar-refractivity contribution in [3.8, 4) is 0 Å². The number of nitrogens with one attached hydrogen (secondary N) is 1. The van der Waals surface area contributed by atoms with Gasteiger partial charge in [0.25, 0.3) is 0 Å². The number of allylic oxidation sites excluding steroid dienone is 1. The van der Waals surface area contributed by atoms with E-state index in [1.165, 1.54) is 405 Å². The zero-order valence-electron chi connectivity index (χ0n) is 69.0. The Morgan fingerprint density at radius 1 is 0.333 bits per heavy atom. The van der Waals surface area contributed by atoms with Gasteiger partial charge in [-0.05, 0) is 19.3 Å². The molecule has 624 valence electrons. The molecule has 2 saturated heterocycles. The minimum Gasteiger partial charge on any atom is -0.394 e. The summed E-state index contributed by atoms with van der Waals surface area (Å²) in [5.41, 5.74) is 0. The van der Waals surface area contributed by atoms with E-state index in [2.05, 4.69) is 19.2 Å². The van der Waals surface area contributed by atoms with Crippen LogP contribution in [0, 0.1) is 0 Å². The van der Waals surface area contributed by atoms with Crippen molar-refractivity contribution in [2.75, 3.05) is 19.8 Å². The first-order chi connectivity index (χ1) is 51.6. The van der Waals surface area contributed by atoms with Gasteiger partial charge in [-0.3, -0.25) is 4.79 Å². The van der Waals surface area contributed by atoms with E-state index in [0.29, 0.717) is 0 Å². The molecule has 0 spiro atoms. The molecule has 14 heteroatoms. The summed E-state index contributed by atoms with van der Waals surface area (Å²) in [5.74, 6) is -0.227. The molecule has 12 atom stereocenters. The fourth-order valence-corrected chi connectivity index (χ4v) is 16.0. The van der Waals surface area contributed by atoms with Crippen LogP contribution in [0.2, 0.25) is 0 Å². The zero-order valence-corrected chi connectivity index (χ0v) is 69.0. The van der Waals surface area contributed by atoms with Gasteiger partial charge in [0.05, 0.1) is 32.0 Å². The summed E-state index contributed by atoms with van der Waals surface area (Å²) in [6.45, 7) is 2.90. The Bertz CT molecular complexity index is 1810. The third kappa shape index (κ3) is 57.4. The largest absolute Gasteiger partial charge is 0.394 e. The standard InChI is InChI=1S/C91H177NO13/c1-3-5-7-9-11-13-15-17-19-21-23-25-27-29-31-33-35-37-38-39-40-41-42-43-45-47-49-51-53-55-57-59-61-63-65-67-69-71-73-75-83(96)92-79(78-102-90-88(101)86(99)89(82(77-94)104-90)105-91-87(100)85(98)84(97)81(76-93)103-91)80(95)74-72-70-68-66-64-62-60-58-56-54-52-50-48-46-44-36-34-32-30-28-26-24-22-20-18-16-14-12-10-8-6-4-2/h72,74,79-82,84-91,93-95,97-101H,3-71,73,75-78H2,1-2H3,(H,92,96)/b74-72+. The molecule has 0 saturated carbocycles. The maximum absolute atomic E-state index is 13.4. The summed E-state index contributed by atoms with van der Waals surface area (Å²) in [4.78, 5) is 13.4. The first-order valence-electron chi connectivity index (χ1n) is 46.4. The smallest absolute Gasteiger partial charge is 0.220 e. The lowest BCUT2D eigenvalue weighted by Crippen LogP contribution is -2.65. The number of ether oxygens (including phenoxy) is 4. The van der Waals surface area contributed by atoms with Gasteiger partial charge in [-0.2, -0.15) is 0 Å². The van der Waals surface area contributed by atoms with Crippen molar-refractivity contribution in [1.29, 1.82) is 0 Å². The highest BCUT2D eigenvalue weighted by Gasteiger charge is 2.51. The van der Waals surface area contributed by atoms with Crippen molar-refractivity contribution < 1.29 is 64.6 Å². The van der Waals surface area contributed by atoms with Gasteiger partial charge in [-0.1, -0.05) is 456 Å². The summed E-state index contributed by atoms with van der Waals surface area (Å²) in [5, 5.41) is 87.9. The van der Waals surface area contributed by atoms with Gasteiger partial charge >= 0.3 is 0 Å². The van der Waals surface area contributed by atoms with E-state index in [0.717, 1.165) is 44.9 Å². The first kappa shape index (κ1) is 99.8. The van der Waals surface area contributed by atoms with Gasteiger partial charge in [-0.25, -0.2) is 0 Å². The van der Waals surface area contributed by atoms with Crippen LogP contribution in [0.25, 0.3) is 0 Å². The number of carbonyl (C=O) groups is 1. The van der Waals surface area contributed by atoms with E-state index < -0.39 is 86.8 Å². The Morgan fingerprint density at radius 2 is 0.590 bits per heavy atom. The van der Waals surface area contributed by atoms with Crippen molar-refractivity contribution in [2.24, 2.45) is 0 Å². The summed E-state index contributed by atoms with van der Waals surface area (Å²) in [6, 6.07) is -0.913. The summed E-state index contributed by atoms with van der Waals surface area (Å²) < 4.78 is 23.0. The van der Waals surface area contributed by atoms with E-state index in [1.807, 2.05) is 6.08 Å². The van der Waals surface area contributed by atoms with E-state index >= 15 is 0 Å². The number of amides is 1. The number of carbonyl (C=O) groups excluding carboxylic acids is 1. The number of aliphatic hydroxyl groups excluding tert-OH is 8. The van der Waals surface area contributed by atoms with Gasteiger partial charge in [0, 0.05) is 6.42 Å². The second-order valence-electron chi connectivity index (χ2n) is 33.2. The maximum Gasteiger partial charge on any atom is 0.220 e. The molecule has 2 aliphatic heterocycles. The van der Waals surface area contributed by atoms with Crippen molar-refractivity contribution >= 4 is 5.91 Å². The van der Waals surface area contributed by atoms with Crippen LogP contribution in [-0.4, -0.2) is 140 Å². The molecule has 12 unspecified atom stereocenters. The Hall–Kier alpha value is -1.27.